The molecule has 3 amide bonds. The lowest BCUT2D eigenvalue weighted by molar-refractivity contribution is 0.0967. The molecule has 3 heterocycles. The van der Waals surface area contributed by atoms with Crippen LogP contribution in [0.25, 0.3) is 11.0 Å². The molecule has 2 N–H and O–H groups in total. The monoisotopic (exact) mass is 543 g/mol. The summed E-state index contributed by atoms with van der Waals surface area (Å²) in [6, 6.07) is 8.21. The number of urea groups is 1. The summed E-state index contributed by atoms with van der Waals surface area (Å²) < 4.78 is 7.40. The zero-order valence-electron chi connectivity index (χ0n) is 22.8. The number of amides is 3. The number of hydrogen-bond acceptors (Lipinski definition) is 7. The summed E-state index contributed by atoms with van der Waals surface area (Å²) in [6.07, 6.45) is 3.73. The van der Waals surface area contributed by atoms with Crippen molar-refractivity contribution in [3.8, 4) is 5.75 Å². The largest absolute Gasteiger partial charge is 0.491 e. The number of likely N-dealkylation sites (N-methyl/N-ethyl adjacent to an activating group) is 1. The first-order chi connectivity index (χ1) is 17.7. The molecule has 4 rings (SSSR count). The van der Waals surface area contributed by atoms with Gasteiger partial charge in [-0.2, -0.15) is 5.10 Å². The third kappa shape index (κ3) is 7.14. The number of nitrogens with zero attached hydrogens (tertiary/aromatic N) is 5. The van der Waals surface area contributed by atoms with E-state index in [0.717, 1.165) is 30.7 Å². The van der Waals surface area contributed by atoms with Crippen LogP contribution in [0.4, 0.5) is 16.3 Å². The van der Waals surface area contributed by atoms with Gasteiger partial charge >= 0.3 is 6.03 Å². The van der Waals surface area contributed by atoms with Crippen molar-refractivity contribution in [3.05, 3.63) is 41.6 Å². The predicted molar refractivity (Wildman–Crippen MR) is 153 cm³/mol. The molecule has 0 saturated carbocycles. The van der Waals surface area contributed by atoms with Gasteiger partial charge < -0.3 is 19.9 Å². The van der Waals surface area contributed by atoms with E-state index in [9.17, 15) is 9.59 Å². The summed E-state index contributed by atoms with van der Waals surface area (Å²) in [6.45, 7) is 9.53. The number of imide groups is 1. The molecule has 0 atom stereocenters. The summed E-state index contributed by atoms with van der Waals surface area (Å²) in [4.78, 5) is 35.3. The number of aromatic nitrogens is 3. The fourth-order valence-corrected chi connectivity index (χ4v) is 4.62. The number of carbonyl (C=O) groups excluding carboxylic acids is 2. The Morgan fingerprint density at radius 1 is 1.16 bits per heavy atom. The zero-order chi connectivity index (χ0) is 26.5. The third-order valence-electron chi connectivity index (χ3n) is 6.48. The summed E-state index contributed by atoms with van der Waals surface area (Å²) in [5, 5.41) is 10.4. The highest BCUT2D eigenvalue weighted by atomic mass is 35.5. The maximum absolute atomic E-state index is 13.3. The van der Waals surface area contributed by atoms with Gasteiger partial charge in [-0.3, -0.25) is 14.8 Å². The van der Waals surface area contributed by atoms with Crippen LogP contribution >= 0.6 is 12.4 Å². The SMILES string of the molecule is Cc1nn(C)c2nc(N(C)CCN3CCCCC3)c(C(=O)NC(=O)Nc3cccc(OC(C)C)c3)cc12.Cl. The highest BCUT2D eigenvalue weighted by Crippen LogP contribution is 2.25. The second-order valence-corrected chi connectivity index (χ2v) is 9.87. The van der Waals surface area contributed by atoms with Crippen molar-refractivity contribution in [3.63, 3.8) is 0 Å². The first kappa shape index (κ1) is 29.2. The molecule has 1 fully saturated rings. The lowest BCUT2D eigenvalue weighted by Gasteiger charge is -2.29. The fraction of sp³-hybridized carbons (Fsp3) is 0.481. The average Bonchev–Trinajstić information content (AvgIpc) is 3.14. The fourth-order valence-electron chi connectivity index (χ4n) is 4.62. The number of carbonyl (C=O) groups is 2. The topological polar surface area (TPSA) is 105 Å². The van der Waals surface area contributed by atoms with Crippen LogP contribution in [-0.4, -0.2) is 70.9 Å². The summed E-state index contributed by atoms with van der Waals surface area (Å²) in [7, 11) is 3.77. The minimum atomic E-state index is -0.628. The molecule has 10 nitrogen and oxygen atoms in total. The summed E-state index contributed by atoms with van der Waals surface area (Å²) in [5.74, 6) is 0.633. The molecule has 0 bridgehead atoms. The van der Waals surface area contributed by atoms with E-state index in [1.165, 1.54) is 19.3 Å². The highest BCUT2D eigenvalue weighted by Gasteiger charge is 2.22. The van der Waals surface area contributed by atoms with E-state index in [1.54, 1.807) is 28.9 Å². The van der Waals surface area contributed by atoms with Crippen molar-refractivity contribution in [2.24, 2.45) is 7.05 Å². The highest BCUT2D eigenvalue weighted by molar-refractivity contribution is 6.11. The van der Waals surface area contributed by atoms with E-state index < -0.39 is 11.9 Å². The van der Waals surface area contributed by atoms with Gasteiger partial charge in [0.25, 0.3) is 5.91 Å². The molecule has 0 aliphatic carbocycles. The van der Waals surface area contributed by atoms with Crippen LogP contribution < -0.4 is 20.3 Å². The van der Waals surface area contributed by atoms with Gasteiger partial charge in [-0.1, -0.05) is 12.5 Å². The van der Waals surface area contributed by atoms with Gasteiger partial charge in [-0.15, -0.1) is 12.4 Å². The van der Waals surface area contributed by atoms with Crippen LogP contribution in [0.2, 0.25) is 0 Å². The van der Waals surface area contributed by atoms with Crippen molar-refractivity contribution in [2.75, 3.05) is 43.4 Å². The Morgan fingerprint density at radius 2 is 1.89 bits per heavy atom. The molecule has 0 spiro atoms. The number of anilines is 2. The lowest BCUT2D eigenvalue weighted by Crippen LogP contribution is -2.38. The van der Waals surface area contributed by atoms with Gasteiger partial charge in [0.1, 0.15) is 11.6 Å². The maximum atomic E-state index is 13.3. The molecule has 1 aliphatic heterocycles. The number of benzene rings is 1. The number of pyridine rings is 1. The number of rotatable bonds is 8. The Kier molecular flexibility index (Phi) is 9.93. The lowest BCUT2D eigenvalue weighted by atomic mass is 10.1. The Labute approximate surface area is 230 Å². The number of ether oxygens (including phenoxy) is 1. The number of halogens is 1. The van der Waals surface area contributed by atoms with Crippen LogP contribution in [-0.2, 0) is 7.05 Å². The molecule has 206 valence electrons. The molecule has 11 heteroatoms. The number of aryl methyl sites for hydroxylation is 2. The Hall–Kier alpha value is -3.37. The third-order valence-corrected chi connectivity index (χ3v) is 6.48. The van der Waals surface area contributed by atoms with Crippen molar-refractivity contribution in [1.82, 2.24) is 25.0 Å². The first-order valence-corrected chi connectivity index (χ1v) is 12.9. The van der Waals surface area contributed by atoms with Crippen molar-refractivity contribution in [2.45, 2.75) is 46.1 Å². The molecule has 2 aromatic heterocycles. The van der Waals surface area contributed by atoms with E-state index in [0.29, 0.717) is 35.0 Å². The number of hydrogen-bond donors (Lipinski definition) is 2. The van der Waals surface area contributed by atoms with Gasteiger partial charge in [0.15, 0.2) is 5.65 Å². The molecule has 0 radical (unpaired) electrons. The molecule has 0 unspecified atom stereocenters. The van der Waals surface area contributed by atoms with E-state index in [-0.39, 0.29) is 18.5 Å². The van der Waals surface area contributed by atoms with E-state index in [4.69, 9.17) is 9.72 Å². The minimum Gasteiger partial charge on any atom is -0.491 e. The second kappa shape index (κ2) is 12.9. The van der Waals surface area contributed by atoms with Crippen molar-refractivity contribution >= 4 is 46.9 Å². The molecule has 1 aromatic carbocycles. The predicted octanol–water partition coefficient (Wildman–Crippen LogP) is 4.37. The van der Waals surface area contributed by atoms with Crippen LogP contribution in [0.3, 0.4) is 0 Å². The van der Waals surface area contributed by atoms with E-state index in [1.807, 2.05) is 45.8 Å². The molecular formula is C27H38ClN7O3. The Balaban J connectivity index is 0.00000400. The number of fused-ring (bicyclic) bond motifs is 1. The average molecular weight is 544 g/mol. The van der Waals surface area contributed by atoms with Crippen LogP contribution in [0.5, 0.6) is 5.75 Å². The van der Waals surface area contributed by atoms with E-state index >= 15 is 0 Å². The zero-order valence-corrected chi connectivity index (χ0v) is 23.6. The normalized spacial score (nSPS) is 13.7. The summed E-state index contributed by atoms with van der Waals surface area (Å²) in [5.41, 5.74) is 2.32. The van der Waals surface area contributed by atoms with Crippen molar-refractivity contribution < 1.29 is 14.3 Å². The van der Waals surface area contributed by atoms with Gasteiger partial charge in [-0.05, 0) is 64.9 Å². The maximum Gasteiger partial charge on any atom is 0.326 e. The second-order valence-electron chi connectivity index (χ2n) is 9.87. The first-order valence-electron chi connectivity index (χ1n) is 12.9. The van der Waals surface area contributed by atoms with Gasteiger partial charge in [0, 0.05) is 44.3 Å². The van der Waals surface area contributed by atoms with Crippen LogP contribution in [0.15, 0.2) is 30.3 Å². The van der Waals surface area contributed by atoms with Crippen LogP contribution in [0, 0.1) is 6.92 Å². The Bertz CT molecular complexity index is 1270. The quantitative estimate of drug-likeness (QED) is 0.434. The standard InChI is InChI=1S/C27H37N7O3.ClH/c1-18(2)37-21-11-9-10-20(16-21)28-27(36)30-26(35)23-17-22-19(3)31-33(5)25(22)29-24(23)32(4)14-15-34-12-7-6-8-13-34;/h9-11,16-18H,6-8,12-15H2,1-5H3,(H2,28,30,35,36);1H. The van der Waals surface area contributed by atoms with E-state index in [2.05, 4.69) is 20.6 Å². The van der Waals surface area contributed by atoms with Gasteiger partial charge in [0.2, 0.25) is 0 Å². The summed E-state index contributed by atoms with van der Waals surface area (Å²) >= 11 is 0. The molecule has 3 aromatic rings. The Morgan fingerprint density at radius 3 is 2.61 bits per heavy atom. The molecular weight excluding hydrogens is 506 g/mol. The number of likely N-dealkylation sites (tertiary alicyclic amines) is 1. The number of piperidine rings is 1. The molecule has 1 saturated heterocycles. The van der Waals surface area contributed by atoms with Gasteiger partial charge in [-0.25, -0.2) is 9.78 Å². The van der Waals surface area contributed by atoms with Gasteiger partial charge in [0.05, 0.1) is 17.4 Å². The minimum absolute atomic E-state index is 0. The molecule has 1 aliphatic rings. The van der Waals surface area contributed by atoms with Crippen LogP contribution in [0.1, 0.15) is 49.2 Å². The number of nitrogens with one attached hydrogen (secondary N) is 2. The molecule has 38 heavy (non-hydrogen) atoms. The van der Waals surface area contributed by atoms with Crippen molar-refractivity contribution in [1.29, 1.82) is 0 Å². The smallest absolute Gasteiger partial charge is 0.326 e.